The van der Waals surface area contributed by atoms with Gasteiger partial charge in [0.2, 0.25) is 5.91 Å². The number of methoxy groups -OCH3 is 1. The highest BCUT2D eigenvalue weighted by atomic mass is 19.4. The predicted molar refractivity (Wildman–Crippen MR) is 107 cm³/mol. The highest BCUT2D eigenvalue weighted by Gasteiger charge is 2.51. The van der Waals surface area contributed by atoms with Crippen LogP contribution in [0, 0.1) is 28.1 Å². The molecule has 1 aromatic rings. The number of nitrogens with zero attached hydrogens (tertiary/aromatic N) is 3. The number of piperidine rings is 1. The lowest BCUT2D eigenvalue weighted by atomic mass is 9.72. The van der Waals surface area contributed by atoms with Crippen molar-refractivity contribution in [2.75, 3.05) is 44.8 Å². The summed E-state index contributed by atoms with van der Waals surface area (Å²) in [4.78, 5) is 16.6. The van der Waals surface area contributed by atoms with Crippen LogP contribution in [0.3, 0.4) is 0 Å². The van der Waals surface area contributed by atoms with Crippen LogP contribution in [0.4, 0.5) is 18.9 Å². The summed E-state index contributed by atoms with van der Waals surface area (Å²) in [5.74, 6) is 0.187. The van der Waals surface area contributed by atoms with Gasteiger partial charge in [-0.15, -0.1) is 0 Å². The Bertz CT molecular complexity index is 857. The molecule has 0 spiro atoms. The number of carbonyl (C=O) groups is 1. The summed E-state index contributed by atoms with van der Waals surface area (Å²) in [6.45, 7) is 8.46. The molecule has 1 amide bonds. The van der Waals surface area contributed by atoms with E-state index in [2.05, 4.69) is 0 Å². The largest absolute Gasteiger partial charge is 0.417 e. The van der Waals surface area contributed by atoms with Crippen LogP contribution in [0.5, 0.6) is 0 Å². The van der Waals surface area contributed by atoms with E-state index in [9.17, 15) is 18.0 Å². The maximum atomic E-state index is 13.4. The third kappa shape index (κ3) is 4.13. The second kappa shape index (κ2) is 7.77. The van der Waals surface area contributed by atoms with Gasteiger partial charge >= 0.3 is 6.18 Å². The number of hydrogen-bond donors (Lipinski definition) is 0. The van der Waals surface area contributed by atoms with E-state index in [-0.39, 0.29) is 22.8 Å². The highest BCUT2D eigenvalue weighted by molar-refractivity contribution is 5.81. The molecule has 5 nitrogen and oxygen atoms in total. The molecule has 0 aliphatic carbocycles. The number of amides is 1. The fourth-order valence-electron chi connectivity index (χ4n) is 4.72. The van der Waals surface area contributed by atoms with E-state index < -0.39 is 17.2 Å². The van der Waals surface area contributed by atoms with Crippen LogP contribution in [0.1, 0.15) is 38.3 Å². The summed E-state index contributed by atoms with van der Waals surface area (Å²) in [6, 6.07) is 5.50. The van der Waals surface area contributed by atoms with Crippen molar-refractivity contribution in [3.05, 3.63) is 29.3 Å². The predicted octanol–water partition coefficient (Wildman–Crippen LogP) is 3.92. The lowest BCUT2D eigenvalue weighted by Crippen LogP contribution is -2.53. The minimum atomic E-state index is -4.59. The summed E-state index contributed by atoms with van der Waals surface area (Å²) in [7, 11) is 1.63. The monoisotopic (exact) mass is 423 g/mol. The molecule has 0 unspecified atom stereocenters. The quantitative estimate of drug-likeness (QED) is 0.739. The molecule has 2 heterocycles. The van der Waals surface area contributed by atoms with Gasteiger partial charge in [-0.1, -0.05) is 20.8 Å². The minimum absolute atomic E-state index is 0.0877. The number of likely N-dealkylation sites (tertiary alicyclic amines) is 1. The molecule has 0 aromatic heterocycles. The van der Waals surface area contributed by atoms with Crippen molar-refractivity contribution in [1.82, 2.24) is 4.90 Å². The van der Waals surface area contributed by atoms with Gasteiger partial charge in [0.15, 0.2) is 0 Å². The molecule has 0 radical (unpaired) electrons. The number of rotatable bonds is 3. The van der Waals surface area contributed by atoms with Crippen LogP contribution in [-0.4, -0.2) is 50.7 Å². The molecule has 3 rings (SSSR count). The van der Waals surface area contributed by atoms with E-state index in [1.807, 2.05) is 30.6 Å². The second-order valence-corrected chi connectivity index (χ2v) is 9.46. The fourth-order valence-corrected chi connectivity index (χ4v) is 4.72. The van der Waals surface area contributed by atoms with Gasteiger partial charge < -0.3 is 14.5 Å². The molecule has 0 bridgehead atoms. The molecule has 30 heavy (non-hydrogen) atoms. The van der Waals surface area contributed by atoms with E-state index in [4.69, 9.17) is 10.00 Å². The molecular weight excluding hydrogens is 395 g/mol. The van der Waals surface area contributed by atoms with Gasteiger partial charge in [-0.05, 0) is 24.6 Å². The minimum Gasteiger partial charge on any atom is -0.384 e. The number of ether oxygens (including phenoxy) is 1. The number of carbonyl (C=O) groups excluding carboxylic acids is 1. The number of nitriles is 1. The smallest absolute Gasteiger partial charge is 0.384 e. The van der Waals surface area contributed by atoms with Crippen molar-refractivity contribution in [3.63, 3.8) is 0 Å². The van der Waals surface area contributed by atoms with Crippen molar-refractivity contribution in [2.24, 2.45) is 16.7 Å². The molecule has 2 fully saturated rings. The third-order valence-corrected chi connectivity index (χ3v) is 6.29. The lowest BCUT2D eigenvalue weighted by molar-refractivity contribution is -0.144. The highest BCUT2D eigenvalue weighted by Crippen LogP contribution is 2.46. The molecule has 1 aromatic carbocycles. The van der Waals surface area contributed by atoms with Crippen LogP contribution >= 0.6 is 0 Å². The van der Waals surface area contributed by atoms with Crippen LogP contribution < -0.4 is 4.90 Å². The first-order chi connectivity index (χ1) is 13.9. The summed E-state index contributed by atoms with van der Waals surface area (Å²) in [5.41, 5.74) is -1.54. The van der Waals surface area contributed by atoms with Gasteiger partial charge in [0.05, 0.1) is 23.8 Å². The first-order valence-corrected chi connectivity index (χ1v) is 10.1. The molecule has 2 aliphatic rings. The maximum Gasteiger partial charge on any atom is 0.417 e. The molecule has 2 saturated heterocycles. The Labute approximate surface area is 175 Å². The van der Waals surface area contributed by atoms with Crippen molar-refractivity contribution in [3.8, 4) is 6.07 Å². The summed E-state index contributed by atoms with van der Waals surface area (Å²) < 4.78 is 45.7. The summed E-state index contributed by atoms with van der Waals surface area (Å²) >= 11 is 0. The first kappa shape index (κ1) is 22.4. The zero-order valence-corrected chi connectivity index (χ0v) is 17.8. The van der Waals surface area contributed by atoms with Crippen LogP contribution in [0.25, 0.3) is 0 Å². The van der Waals surface area contributed by atoms with Crippen LogP contribution in [0.2, 0.25) is 0 Å². The normalized spacial score (nSPS) is 24.5. The van der Waals surface area contributed by atoms with E-state index in [1.165, 1.54) is 6.07 Å². The van der Waals surface area contributed by atoms with Gasteiger partial charge in [0.1, 0.15) is 0 Å². The van der Waals surface area contributed by atoms with Crippen molar-refractivity contribution in [2.45, 2.75) is 33.4 Å². The SMILES string of the molecule is COC[C@@]12CCN(C(=O)C(C)(C)C)C[C@@H]1CN(c1ccc(C#N)c(C(F)(F)F)c1)C2. The van der Waals surface area contributed by atoms with E-state index in [0.717, 1.165) is 12.5 Å². The fraction of sp³-hybridized carbons (Fsp3) is 0.636. The number of benzene rings is 1. The number of alkyl halides is 3. The number of fused-ring (bicyclic) bond motifs is 1. The number of anilines is 1. The molecule has 164 valence electrons. The van der Waals surface area contributed by atoms with Gasteiger partial charge in [-0.25, -0.2) is 0 Å². The third-order valence-electron chi connectivity index (χ3n) is 6.29. The molecule has 2 atom stereocenters. The Morgan fingerprint density at radius 2 is 2.00 bits per heavy atom. The Morgan fingerprint density at radius 3 is 2.57 bits per heavy atom. The summed E-state index contributed by atoms with van der Waals surface area (Å²) in [6.07, 6.45) is -3.85. The van der Waals surface area contributed by atoms with Gasteiger partial charge in [-0.2, -0.15) is 18.4 Å². The van der Waals surface area contributed by atoms with Gasteiger partial charge in [0.25, 0.3) is 0 Å². The Hall–Kier alpha value is -2.27. The van der Waals surface area contributed by atoms with Crippen molar-refractivity contribution >= 4 is 11.6 Å². The molecule has 8 heteroatoms. The standard InChI is InChI=1S/C22H28F3N3O2/c1-20(2,3)19(29)27-8-7-21(14-30-4)13-28(12-16(21)11-27)17-6-5-15(10-26)18(9-17)22(23,24)25/h5-6,9,16H,7-8,11-14H2,1-4H3/t16-,21+/m1/s1. The molecule has 2 aliphatic heterocycles. The summed E-state index contributed by atoms with van der Waals surface area (Å²) in [5, 5.41) is 9.05. The Kier molecular flexibility index (Phi) is 5.80. The van der Waals surface area contributed by atoms with Crippen LogP contribution in [-0.2, 0) is 15.7 Å². The zero-order valence-electron chi connectivity index (χ0n) is 17.8. The average Bonchev–Trinajstić information content (AvgIpc) is 3.04. The average molecular weight is 423 g/mol. The maximum absolute atomic E-state index is 13.4. The zero-order chi connectivity index (χ0) is 22.3. The first-order valence-electron chi connectivity index (χ1n) is 10.1. The van der Waals surface area contributed by atoms with Crippen molar-refractivity contribution in [1.29, 1.82) is 5.26 Å². The second-order valence-electron chi connectivity index (χ2n) is 9.46. The Morgan fingerprint density at radius 1 is 1.30 bits per heavy atom. The Balaban J connectivity index is 1.89. The van der Waals surface area contributed by atoms with E-state index in [0.29, 0.717) is 38.5 Å². The number of hydrogen-bond acceptors (Lipinski definition) is 4. The number of halogens is 3. The molecular formula is C22H28F3N3O2. The van der Waals surface area contributed by atoms with Crippen LogP contribution in [0.15, 0.2) is 18.2 Å². The van der Waals surface area contributed by atoms with Gasteiger partial charge in [0, 0.05) is 55.7 Å². The lowest BCUT2D eigenvalue weighted by Gasteiger charge is -2.44. The topological polar surface area (TPSA) is 56.6 Å². The van der Waals surface area contributed by atoms with E-state index >= 15 is 0 Å². The van der Waals surface area contributed by atoms with Gasteiger partial charge in [-0.3, -0.25) is 4.79 Å². The molecule has 0 N–H and O–H groups in total. The van der Waals surface area contributed by atoms with Crippen molar-refractivity contribution < 1.29 is 22.7 Å². The molecule has 0 saturated carbocycles. The van der Waals surface area contributed by atoms with E-state index in [1.54, 1.807) is 19.2 Å².